The van der Waals surface area contributed by atoms with E-state index in [-0.39, 0.29) is 11.9 Å². The fourth-order valence-electron chi connectivity index (χ4n) is 2.71. The molecular formula is C17H18N2O2S. The highest BCUT2D eigenvalue weighted by molar-refractivity contribution is 7.99. The number of aliphatic hydroxyl groups is 1. The number of amides is 1. The standard InChI is InChI=1S/C17H18N2O2S/c20-15-8-13-5-1-2-6-14(13)17(15)19-16(21)11-22-10-12-4-3-7-18-9-12/h1-7,9,15,17,20H,8,10-11H2,(H,19,21)/t15-,17+/m1/s1. The number of carbonyl (C=O) groups excluding carboxylic acids is 1. The van der Waals surface area contributed by atoms with Crippen molar-refractivity contribution in [2.75, 3.05) is 5.75 Å². The fraction of sp³-hybridized carbons (Fsp3) is 0.294. The molecule has 0 bridgehead atoms. The van der Waals surface area contributed by atoms with Crippen LogP contribution in [0.1, 0.15) is 22.7 Å². The van der Waals surface area contributed by atoms with Crippen LogP contribution in [0.2, 0.25) is 0 Å². The Bertz CT molecular complexity index is 648. The van der Waals surface area contributed by atoms with Crippen LogP contribution in [0.5, 0.6) is 0 Å². The lowest BCUT2D eigenvalue weighted by atomic mass is 10.1. The Morgan fingerprint density at radius 1 is 1.32 bits per heavy atom. The Kier molecular flexibility index (Phi) is 4.75. The van der Waals surface area contributed by atoms with Gasteiger partial charge in [0.05, 0.1) is 17.9 Å². The van der Waals surface area contributed by atoms with E-state index >= 15 is 0 Å². The largest absolute Gasteiger partial charge is 0.390 e. The third kappa shape index (κ3) is 3.48. The summed E-state index contributed by atoms with van der Waals surface area (Å²) in [5.74, 6) is 1.08. The molecular weight excluding hydrogens is 296 g/mol. The van der Waals surface area contributed by atoms with E-state index in [1.807, 2.05) is 42.6 Å². The van der Waals surface area contributed by atoms with Crippen molar-refractivity contribution in [3.8, 4) is 0 Å². The molecule has 1 aromatic carbocycles. The van der Waals surface area contributed by atoms with Gasteiger partial charge < -0.3 is 10.4 Å². The fourth-order valence-corrected chi connectivity index (χ4v) is 3.49. The Morgan fingerprint density at radius 3 is 3.00 bits per heavy atom. The van der Waals surface area contributed by atoms with E-state index in [1.54, 1.807) is 18.0 Å². The lowest BCUT2D eigenvalue weighted by molar-refractivity contribution is -0.120. The van der Waals surface area contributed by atoms with Gasteiger partial charge in [-0.05, 0) is 22.8 Å². The van der Waals surface area contributed by atoms with Gasteiger partial charge in [0.25, 0.3) is 0 Å². The number of aromatic nitrogens is 1. The van der Waals surface area contributed by atoms with Crippen molar-refractivity contribution in [2.45, 2.75) is 24.3 Å². The van der Waals surface area contributed by atoms with Crippen LogP contribution in [0.4, 0.5) is 0 Å². The van der Waals surface area contributed by atoms with E-state index in [1.165, 1.54) is 0 Å². The predicted molar refractivity (Wildman–Crippen MR) is 87.4 cm³/mol. The van der Waals surface area contributed by atoms with Crippen LogP contribution in [0.15, 0.2) is 48.8 Å². The molecule has 1 amide bonds. The number of carbonyl (C=O) groups is 1. The van der Waals surface area contributed by atoms with Crippen LogP contribution in [-0.4, -0.2) is 27.9 Å². The van der Waals surface area contributed by atoms with Gasteiger partial charge in [-0.3, -0.25) is 9.78 Å². The van der Waals surface area contributed by atoms with E-state index in [2.05, 4.69) is 10.3 Å². The van der Waals surface area contributed by atoms with Gasteiger partial charge in [0, 0.05) is 24.6 Å². The maximum Gasteiger partial charge on any atom is 0.230 e. The summed E-state index contributed by atoms with van der Waals surface area (Å²) in [7, 11) is 0. The third-order valence-corrected chi connectivity index (χ3v) is 4.75. The molecule has 2 aromatic rings. The van der Waals surface area contributed by atoms with Crippen LogP contribution in [0.3, 0.4) is 0 Å². The first-order chi connectivity index (χ1) is 10.7. The summed E-state index contributed by atoms with van der Waals surface area (Å²) in [6.45, 7) is 0. The Labute approximate surface area is 134 Å². The molecule has 1 heterocycles. The van der Waals surface area contributed by atoms with Crippen molar-refractivity contribution in [1.29, 1.82) is 0 Å². The van der Waals surface area contributed by atoms with Crippen LogP contribution in [0.25, 0.3) is 0 Å². The molecule has 0 unspecified atom stereocenters. The van der Waals surface area contributed by atoms with Gasteiger partial charge in [0.15, 0.2) is 0 Å². The van der Waals surface area contributed by atoms with Crippen LogP contribution >= 0.6 is 11.8 Å². The average Bonchev–Trinajstić information content (AvgIpc) is 2.84. The normalized spacial score (nSPS) is 19.7. The first-order valence-electron chi connectivity index (χ1n) is 7.26. The summed E-state index contributed by atoms with van der Waals surface area (Å²) in [5, 5.41) is 13.1. The average molecular weight is 314 g/mol. The summed E-state index contributed by atoms with van der Waals surface area (Å²) in [6.07, 6.45) is 3.61. The molecule has 0 fully saturated rings. The van der Waals surface area contributed by atoms with E-state index in [0.29, 0.717) is 12.2 Å². The third-order valence-electron chi connectivity index (χ3n) is 3.75. The minimum atomic E-state index is -0.537. The second-order valence-corrected chi connectivity index (χ2v) is 6.36. The molecule has 0 spiro atoms. The Balaban J connectivity index is 1.52. The topological polar surface area (TPSA) is 62.2 Å². The second-order valence-electron chi connectivity index (χ2n) is 5.37. The lowest BCUT2D eigenvalue weighted by Crippen LogP contribution is -2.34. The minimum absolute atomic E-state index is 0.0466. The highest BCUT2D eigenvalue weighted by Crippen LogP contribution is 2.31. The zero-order valence-corrected chi connectivity index (χ0v) is 12.9. The number of hydrogen-bond donors (Lipinski definition) is 2. The van der Waals surface area contributed by atoms with Crippen molar-refractivity contribution in [3.63, 3.8) is 0 Å². The number of nitrogens with zero attached hydrogens (tertiary/aromatic N) is 1. The summed E-state index contributed by atoms with van der Waals surface area (Å²) >= 11 is 1.55. The molecule has 2 N–H and O–H groups in total. The zero-order chi connectivity index (χ0) is 15.4. The maximum atomic E-state index is 12.1. The van der Waals surface area contributed by atoms with E-state index in [0.717, 1.165) is 22.4 Å². The van der Waals surface area contributed by atoms with Gasteiger partial charge >= 0.3 is 0 Å². The number of benzene rings is 1. The lowest BCUT2D eigenvalue weighted by Gasteiger charge is -2.17. The number of aliphatic hydroxyl groups excluding tert-OH is 1. The van der Waals surface area contributed by atoms with Crippen molar-refractivity contribution in [1.82, 2.24) is 10.3 Å². The molecule has 0 saturated carbocycles. The van der Waals surface area contributed by atoms with Gasteiger partial charge in [-0.2, -0.15) is 0 Å². The summed E-state index contributed by atoms with van der Waals surface area (Å²) in [4.78, 5) is 16.1. The molecule has 1 aliphatic carbocycles. The van der Waals surface area contributed by atoms with Crippen molar-refractivity contribution in [2.24, 2.45) is 0 Å². The maximum absolute atomic E-state index is 12.1. The molecule has 5 heteroatoms. The second kappa shape index (κ2) is 6.94. The quantitative estimate of drug-likeness (QED) is 0.887. The van der Waals surface area contributed by atoms with Crippen molar-refractivity contribution < 1.29 is 9.90 Å². The van der Waals surface area contributed by atoms with E-state index in [9.17, 15) is 9.90 Å². The smallest absolute Gasteiger partial charge is 0.230 e. The molecule has 4 nitrogen and oxygen atoms in total. The summed E-state index contributed by atoms with van der Waals surface area (Å²) < 4.78 is 0. The number of fused-ring (bicyclic) bond motifs is 1. The number of pyridine rings is 1. The van der Waals surface area contributed by atoms with Gasteiger partial charge in [-0.25, -0.2) is 0 Å². The van der Waals surface area contributed by atoms with E-state index < -0.39 is 6.10 Å². The minimum Gasteiger partial charge on any atom is -0.390 e. The molecule has 0 radical (unpaired) electrons. The number of nitrogens with one attached hydrogen (secondary N) is 1. The first-order valence-corrected chi connectivity index (χ1v) is 8.41. The highest BCUT2D eigenvalue weighted by atomic mass is 32.2. The molecule has 3 rings (SSSR count). The number of rotatable bonds is 5. The Hall–Kier alpha value is -1.85. The molecule has 2 atom stereocenters. The highest BCUT2D eigenvalue weighted by Gasteiger charge is 2.31. The summed E-state index contributed by atoms with van der Waals surface area (Å²) in [5.41, 5.74) is 3.25. The number of thioether (sulfide) groups is 1. The van der Waals surface area contributed by atoms with Crippen LogP contribution in [-0.2, 0) is 17.0 Å². The monoisotopic (exact) mass is 314 g/mol. The molecule has 1 aliphatic rings. The molecule has 0 saturated heterocycles. The zero-order valence-electron chi connectivity index (χ0n) is 12.1. The number of hydrogen-bond acceptors (Lipinski definition) is 4. The molecule has 22 heavy (non-hydrogen) atoms. The Morgan fingerprint density at radius 2 is 2.18 bits per heavy atom. The van der Waals surface area contributed by atoms with Crippen LogP contribution in [0, 0.1) is 0 Å². The van der Waals surface area contributed by atoms with E-state index in [4.69, 9.17) is 0 Å². The van der Waals surface area contributed by atoms with Gasteiger partial charge in [-0.1, -0.05) is 30.3 Å². The predicted octanol–water partition coefficient (Wildman–Crippen LogP) is 2.09. The van der Waals surface area contributed by atoms with Crippen molar-refractivity contribution in [3.05, 3.63) is 65.5 Å². The van der Waals surface area contributed by atoms with Gasteiger partial charge in [0.2, 0.25) is 5.91 Å². The molecule has 114 valence electrons. The SMILES string of the molecule is O=C(CSCc1cccnc1)N[C@H]1c2ccccc2C[C@H]1O. The van der Waals surface area contributed by atoms with Gasteiger partial charge in [-0.15, -0.1) is 11.8 Å². The van der Waals surface area contributed by atoms with Crippen molar-refractivity contribution >= 4 is 17.7 Å². The van der Waals surface area contributed by atoms with Gasteiger partial charge in [0.1, 0.15) is 0 Å². The molecule has 1 aromatic heterocycles. The first kappa shape index (κ1) is 15.1. The molecule has 0 aliphatic heterocycles. The van der Waals surface area contributed by atoms with Crippen LogP contribution < -0.4 is 5.32 Å². The summed E-state index contributed by atoms with van der Waals surface area (Å²) in [6, 6.07) is 11.5.